The van der Waals surface area contributed by atoms with E-state index in [9.17, 15) is 8.78 Å². The fourth-order valence-corrected chi connectivity index (χ4v) is 4.14. The van der Waals surface area contributed by atoms with Crippen molar-refractivity contribution in [2.45, 2.75) is 20.0 Å². The average Bonchev–Trinajstić information content (AvgIpc) is 3.18. The molecular formula is C22H16F2N4O. The van der Waals surface area contributed by atoms with Gasteiger partial charge in [-0.1, -0.05) is 12.1 Å². The smallest absolute Gasteiger partial charge is 0.227 e. The Hall–Kier alpha value is -3.66. The van der Waals surface area contributed by atoms with Gasteiger partial charge in [0.25, 0.3) is 0 Å². The lowest BCUT2D eigenvalue weighted by molar-refractivity contribution is 0.577. The van der Waals surface area contributed by atoms with Crippen LogP contribution in [-0.4, -0.2) is 18.2 Å². The molecule has 0 unspecified atom stereocenters. The van der Waals surface area contributed by atoms with Gasteiger partial charge in [0.05, 0.1) is 11.4 Å². The first-order chi connectivity index (χ1) is 13.9. The first-order valence-electron chi connectivity index (χ1n) is 9.15. The topological polar surface area (TPSA) is 56.3 Å². The molecule has 0 fully saturated rings. The summed E-state index contributed by atoms with van der Waals surface area (Å²) in [5, 5.41) is 10.9. The number of fused-ring (bicyclic) bond motifs is 4. The minimum Gasteiger partial charge on any atom is -0.435 e. The lowest BCUT2D eigenvalue weighted by Gasteiger charge is -2.28. The Morgan fingerprint density at radius 1 is 1.17 bits per heavy atom. The predicted molar refractivity (Wildman–Crippen MR) is 107 cm³/mol. The molecule has 0 spiro atoms. The lowest BCUT2D eigenvalue weighted by atomic mass is 10.1. The van der Waals surface area contributed by atoms with Gasteiger partial charge < -0.3 is 14.2 Å². The number of pyridine rings is 1. The summed E-state index contributed by atoms with van der Waals surface area (Å²) in [4.78, 5) is 7.84. The van der Waals surface area contributed by atoms with Gasteiger partial charge in [0.1, 0.15) is 29.3 Å². The quantitative estimate of drug-likeness (QED) is 0.437. The van der Waals surface area contributed by atoms with E-state index in [-0.39, 0.29) is 11.9 Å². The molecule has 0 saturated heterocycles. The van der Waals surface area contributed by atoms with Crippen LogP contribution in [0.1, 0.15) is 18.1 Å². The Kier molecular flexibility index (Phi) is 3.56. The fourth-order valence-electron chi connectivity index (χ4n) is 4.14. The van der Waals surface area contributed by atoms with Crippen LogP contribution in [0.4, 0.5) is 25.8 Å². The summed E-state index contributed by atoms with van der Waals surface area (Å²) < 4.78 is 35.5. The fraction of sp³-hybridized carbons (Fsp3) is 0.182. The van der Waals surface area contributed by atoms with Crippen LogP contribution in [0.25, 0.3) is 22.1 Å². The van der Waals surface area contributed by atoms with Gasteiger partial charge in [0, 0.05) is 30.1 Å². The maximum Gasteiger partial charge on any atom is 0.227 e. The summed E-state index contributed by atoms with van der Waals surface area (Å²) in [6, 6.07) is 10.5. The van der Waals surface area contributed by atoms with Crippen molar-refractivity contribution in [1.29, 1.82) is 5.26 Å². The zero-order valence-corrected chi connectivity index (χ0v) is 16.0. The van der Waals surface area contributed by atoms with Gasteiger partial charge in [-0.3, -0.25) is 0 Å². The van der Waals surface area contributed by atoms with Gasteiger partial charge in [-0.25, -0.2) is 13.8 Å². The Morgan fingerprint density at radius 3 is 2.72 bits per heavy atom. The Labute approximate surface area is 165 Å². The second kappa shape index (κ2) is 5.92. The van der Waals surface area contributed by atoms with E-state index in [4.69, 9.17) is 9.68 Å². The number of hydrogen-bond donors (Lipinski definition) is 0. The van der Waals surface area contributed by atoms with Crippen LogP contribution in [0.15, 0.2) is 40.9 Å². The van der Waals surface area contributed by atoms with Gasteiger partial charge in [-0.05, 0) is 31.5 Å². The van der Waals surface area contributed by atoms with Crippen molar-refractivity contribution >= 4 is 39.1 Å². The number of halogens is 2. The summed E-state index contributed by atoms with van der Waals surface area (Å²) in [5.41, 5.74) is 2.72. The lowest BCUT2D eigenvalue weighted by Crippen LogP contribution is -2.36. The summed E-state index contributed by atoms with van der Waals surface area (Å²) in [6.45, 7) is 3.82. The predicted octanol–water partition coefficient (Wildman–Crippen LogP) is 5.37. The van der Waals surface area contributed by atoms with Gasteiger partial charge >= 0.3 is 0 Å². The van der Waals surface area contributed by atoms with Gasteiger partial charge in [-0.2, -0.15) is 5.26 Å². The molecule has 3 heterocycles. The highest BCUT2D eigenvalue weighted by molar-refractivity contribution is 6.10. The molecule has 29 heavy (non-hydrogen) atoms. The monoisotopic (exact) mass is 390 g/mol. The molecule has 1 aliphatic heterocycles. The van der Waals surface area contributed by atoms with Crippen LogP contribution in [0.2, 0.25) is 0 Å². The Morgan fingerprint density at radius 2 is 1.97 bits per heavy atom. The molecule has 144 valence electrons. The molecule has 0 amide bonds. The normalized spacial score (nSPS) is 15.9. The summed E-state index contributed by atoms with van der Waals surface area (Å²) in [6.07, 6.45) is 1.34. The van der Waals surface area contributed by atoms with Gasteiger partial charge in [0.2, 0.25) is 5.71 Å². The van der Waals surface area contributed by atoms with Crippen LogP contribution < -0.4 is 9.80 Å². The number of nitrogens with zero attached hydrogens (tertiary/aromatic N) is 4. The van der Waals surface area contributed by atoms with Crippen LogP contribution in [-0.2, 0) is 0 Å². The molecule has 0 aliphatic carbocycles. The van der Waals surface area contributed by atoms with Crippen molar-refractivity contribution in [3.8, 4) is 6.07 Å². The molecule has 2 aromatic carbocycles. The third-order valence-electron chi connectivity index (χ3n) is 5.66. The molecule has 2 aromatic heterocycles. The SMILES string of the molecule is Cc1ccc2c(oc3ncccc32)c1N1c2cc(F)c(C#N)c(F)c2N(C)[C@@H]1C. The molecular weight excluding hydrogens is 374 g/mol. The third kappa shape index (κ3) is 2.20. The van der Waals surface area contributed by atoms with E-state index in [1.807, 2.05) is 43.0 Å². The first-order valence-corrected chi connectivity index (χ1v) is 9.15. The maximum absolute atomic E-state index is 15.0. The number of benzene rings is 2. The number of aryl methyl sites for hydroxylation is 1. The van der Waals surface area contributed by atoms with E-state index < -0.39 is 17.2 Å². The molecule has 0 radical (unpaired) electrons. The molecule has 4 aromatic rings. The number of rotatable bonds is 1. The van der Waals surface area contributed by atoms with Crippen molar-refractivity contribution < 1.29 is 13.2 Å². The highest BCUT2D eigenvalue weighted by atomic mass is 19.1. The molecule has 1 aliphatic rings. The number of hydrogen-bond acceptors (Lipinski definition) is 5. The van der Waals surface area contributed by atoms with Crippen LogP contribution in [0.5, 0.6) is 0 Å². The molecule has 1 atom stereocenters. The van der Waals surface area contributed by atoms with Crippen molar-refractivity contribution in [2.24, 2.45) is 0 Å². The number of furan rings is 1. The minimum atomic E-state index is -0.882. The van der Waals surface area contributed by atoms with E-state index in [1.165, 1.54) is 6.07 Å². The number of anilines is 3. The standard InChI is InChI=1S/C22H16F2N4O/c1-11-6-7-13-14-5-4-8-26-22(14)29-21(13)19(11)28-12(2)27(3)20-17(28)9-16(23)15(10-25)18(20)24/h4-9,12H,1-3H3/t12-/m0/s1. The summed E-state index contributed by atoms with van der Waals surface area (Å²) >= 11 is 0. The Bertz CT molecular complexity index is 1350. The number of aromatic nitrogens is 1. The zero-order chi connectivity index (χ0) is 20.4. The molecule has 5 rings (SSSR count). The van der Waals surface area contributed by atoms with E-state index in [2.05, 4.69) is 4.98 Å². The van der Waals surface area contributed by atoms with E-state index in [1.54, 1.807) is 24.2 Å². The van der Waals surface area contributed by atoms with E-state index >= 15 is 0 Å². The van der Waals surface area contributed by atoms with E-state index in [0.717, 1.165) is 22.0 Å². The van der Waals surface area contributed by atoms with Gasteiger partial charge in [0.15, 0.2) is 11.4 Å². The summed E-state index contributed by atoms with van der Waals surface area (Å²) in [5.74, 6) is -1.73. The van der Waals surface area contributed by atoms with Gasteiger partial charge in [-0.15, -0.1) is 0 Å². The second-order valence-electron chi connectivity index (χ2n) is 7.21. The molecule has 7 heteroatoms. The second-order valence-corrected chi connectivity index (χ2v) is 7.21. The van der Waals surface area contributed by atoms with Crippen molar-refractivity contribution in [2.75, 3.05) is 16.8 Å². The minimum absolute atomic E-state index is 0.195. The van der Waals surface area contributed by atoms with E-state index in [0.29, 0.717) is 17.0 Å². The van der Waals surface area contributed by atoms with Crippen molar-refractivity contribution in [3.05, 3.63) is 59.3 Å². The highest BCUT2D eigenvalue weighted by Gasteiger charge is 2.38. The van der Waals surface area contributed by atoms with Crippen molar-refractivity contribution in [1.82, 2.24) is 4.98 Å². The van der Waals surface area contributed by atoms with Crippen LogP contribution in [0.3, 0.4) is 0 Å². The zero-order valence-electron chi connectivity index (χ0n) is 16.0. The highest BCUT2D eigenvalue weighted by Crippen LogP contribution is 2.49. The molecule has 5 nitrogen and oxygen atoms in total. The van der Waals surface area contributed by atoms with Crippen LogP contribution >= 0.6 is 0 Å². The first kappa shape index (κ1) is 17.4. The third-order valence-corrected chi connectivity index (χ3v) is 5.66. The molecule has 0 bridgehead atoms. The average molecular weight is 390 g/mol. The molecule has 0 N–H and O–H groups in total. The van der Waals surface area contributed by atoms with Crippen molar-refractivity contribution in [3.63, 3.8) is 0 Å². The Balaban J connectivity index is 1.85. The largest absolute Gasteiger partial charge is 0.435 e. The number of nitriles is 1. The molecule has 0 saturated carbocycles. The maximum atomic E-state index is 15.0. The summed E-state index contributed by atoms with van der Waals surface area (Å²) in [7, 11) is 1.72. The van der Waals surface area contributed by atoms with Crippen LogP contribution in [0, 0.1) is 29.9 Å².